The lowest BCUT2D eigenvalue weighted by atomic mass is 9.99. The lowest BCUT2D eigenvalue weighted by molar-refractivity contribution is -0.252. The van der Waals surface area contributed by atoms with Crippen LogP contribution >= 0.6 is 0 Å². The highest BCUT2D eigenvalue weighted by molar-refractivity contribution is 5.90. The molecule has 4 N–H and O–H groups in total. The number of ether oxygens (including phenoxy) is 2. The van der Waals surface area contributed by atoms with Crippen LogP contribution in [-0.2, 0) is 32.2 Å². The summed E-state index contributed by atoms with van der Waals surface area (Å²) in [6, 6.07) is 25.6. The number of hydrogen-bond acceptors (Lipinski definition) is 7. The summed E-state index contributed by atoms with van der Waals surface area (Å²) in [6.45, 7) is 1.50. The van der Waals surface area contributed by atoms with Crippen molar-refractivity contribution in [2.24, 2.45) is 0 Å². The average Bonchev–Trinajstić information content (AvgIpc) is 2.99. The number of aliphatic hydroxyl groups is 1. The van der Waals surface area contributed by atoms with Gasteiger partial charge in [-0.25, -0.2) is 5.48 Å². The van der Waals surface area contributed by atoms with E-state index in [0.29, 0.717) is 31.5 Å². The number of rotatable bonds is 13. The van der Waals surface area contributed by atoms with Crippen LogP contribution in [0.15, 0.2) is 78.9 Å². The summed E-state index contributed by atoms with van der Waals surface area (Å²) < 4.78 is 12.9. The maximum Gasteiger partial charge on any atom is 0.243 e. The van der Waals surface area contributed by atoms with Gasteiger partial charge in [0.1, 0.15) is 0 Å². The summed E-state index contributed by atoms with van der Waals surface area (Å²) in [7, 11) is 2.08. The number of aliphatic hydroxyl groups excluding tert-OH is 1. The van der Waals surface area contributed by atoms with Crippen molar-refractivity contribution in [2.45, 2.75) is 63.8 Å². The molecule has 9 nitrogen and oxygen atoms in total. The number of unbranched alkanes of at least 4 members (excludes halogenated alkanes) is 1. The number of anilines is 1. The Morgan fingerprint density at radius 2 is 1.61 bits per heavy atom. The number of nitrogens with one attached hydrogen (secondary N) is 2. The molecule has 218 valence electrons. The minimum Gasteiger partial charge on any atom is -0.392 e. The third kappa shape index (κ3) is 9.48. The first kappa shape index (κ1) is 30.4. The Labute approximate surface area is 241 Å². The third-order valence-electron chi connectivity index (χ3n) is 7.05. The van der Waals surface area contributed by atoms with Gasteiger partial charge in [-0.1, -0.05) is 66.7 Å². The molecule has 3 aromatic rings. The van der Waals surface area contributed by atoms with Gasteiger partial charge in [-0.05, 0) is 48.7 Å². The van der Waals surface area contributed by atoms with E-state index in [1.807, 2.05) is 66.7 Å². The van der Waals surface area contributed by atoms with Crippen molar-refractivity contribution in [3.05, 3.63) is 101 Å². The van der Waals surface area contributed by atoms with Crippen LogP contribution in [0, 0.1) is 0 Å². The second-order valence-electron chi connectivity index (χ2n) is 10.4. The van der Waals surface area contributed by atoms with Gasteiger partial charge in [0.15, 0.2) is 6.29 Å². The molecule has 4 rings (SSSR count). The van der Waals surface area contributed by atoms with Gasteiger partial charge in [-0.2, -0.15) is 0 Å². The van der Waals surface area contributed by atoms with Gasteiger partial charge in [0.05, 0.1) is 18.8 Å². The highest BCUT2D eigenvalue weighted by Gasteiger charge is 2.33. The van der Waals surface area contributed by atoms with Crippen molar-refractivity contribution in [1.82, 2.24) is 10.4 Å². The zero-order chi connectivity index (χ0) is 29.0. The number of hydrogen-bond donors (Lipinski definition) is 4. The lowest BCUT2D eigenvalue weighted by Gasteiger charge is -2.38. The van der Waals surface area contributed by atoms with Crippen molar-refractivity contribution in [3.63, 3.8) is 0 Å². The topological polar surface area (TPSA) is 120 Å². The van der Waals surface area contributed by atoms with Gasteiger partial charge in [0, 0.05) is 43.6 Å². The van der Waals surface area contributed by atoms with Crippen LogP contribution in [-0.4, -0.2) is 46.7 Å². The molecule has 0 aliphatic carbocycles. The summed E-state index contributed by atoms with van der Waals surface area (Å²) in [6.07, 6.45) is 1.22. The van der Waals surface area contributed by atoms with Crippen LogP contribution in [0.4, 0.5) is 5.69 Å². The molecule has 0 spiro atoms. The Morgan fingerprint density at radius 1 is 0.878 bits per heavy atom. The average molecular weight is 562 g/mol. The lowest BCUT2D eigenvalue weighted by Crippen LogP contribution is -2.37. The Morgan fingerprint density at radius 3 is 2.32 bits per heavy atom. The second kappa shape index (κ2) is 15.4. The van der Waals surface area contributed by atoms with E-state index in [0.717, 1.165) is 23.2 Å². The van der Waals surface area contributed by atoms with Crippen LogP contribution < -0.4 is 10.8 Å². The first-order valence-electron chi connectivity index (χ1n) is 14.0. The van der Waals surface area contributed by atoms with E-state index >= 15 is 0 Å². The Balaban J connectivity index is 1.44. The molecule has 0 saturated carbocycles. The van der Waals surface area contributed by atoms with Gasteiger partial charge >= 0.3 is 0 Å². The summed E-state index contributed by atoms with van der Waals surface area (Å²) in [5.74, 6) is -0.614. The fourth-order valence-corrected chi connectivity index (χ4v) is 4.95. The minimum atomic E-state index is -0.629. The van der Waals surface area contributed by atoms with Gasteiger partial charge in [-0.15, -0.1) is 0 Å². The molecule has 0 radical (unpaired) electrons. The third-order valence-corrected chi connectivity index (χ3v) is 7.05. The molecule has 3 unspecified atom stereocenters. The van der Waals surface area contributed by atoms with Crippen LogP contribution in [0.5, 0.6) is 0 Å². The predicted molar refractivity (Wildman–Crippen MR) is 155 cm³/mol. The second-order valence-corrected chi connectivity index (χ2v) is 10.4. The van der Waals surface area contributed by atoms with Crippen LogP contribution in [0.3, 0.4) is 0 Å². The summed E-state index contributed by atoms with van der Waals surface area (Å²) >= 11 is 0. The van der Waals surface area contributed by atoms with Crippen molar-refractivity contribution < 1.29 is 29.4 Å². The molecule has 2 amide bonds. The number of amides is 2. The van der Waals surface area contributed by atoms with E-state index in [2.05, 4.69) is 29.4 Å². The molecule has 1 fully saturated rings. The standard InChI is InChI=1S/C32H39N3O6/c1-35(20-23-8-3-2-4-9-23)21-28-19-29(25-16-14-24(22-36)15-17-25)41-32(40-28)26-10-7-11-27(18-26)33-30(37)12-5-6-13-31(38)34-39/h2-4,7-11,14-18,28-29,32,36,39H,5-6,12-13,19-22H2,1H3,(H,33,37)(H,34,38). The van der Waals surface area contributed by atoms with Crippen LogP contribution in [0.1, 0.15) is 66.8 Å². The maximum atomic E-state index is 12.5. The molecule has 9 heteroatoms. The predicted octanol–water partition coefficient (Wildman–Crippen LogP) is 4.86. The quantitative estimate of drug-likeness (QED) is 0.134. The number of hydroxylamine groups is 1. The highest BCUT2D eigenvalue weighted by atomic mass is 16.7. The Bertz CT molecular complexity index is 1250. The molecule has 1 saturated heterocycles. The van der Waals surface area contributed by atoms with Gasteiger partial charge in [0.25, 0.3) is 0 Å². The summed E-state index contributed by atoms with van der Waals surface area (Å²) in [5.41, 5.74) is 6.13. The molecule has 41 heavy (non-hydrogen) atoms. The number of likely N-dealkylation sites (N-methyl/N-ethyl adjacent to an activating group) is 1. The largest absolute Gasteiger partial charge is 0.392 e. The smallest absolute Gasteiger partial charge is 0.243 e. The van der Waals surface area contributed by atoms with E-state index in [1.54, 1.807) is 5.48 Å². The Hall–Kier alpha value is -3.60. The molecule has 3 atom stereocenters. The molecule has 1 heterocycles. The van der Waals surface area contributed by atoms with E-state index in [1.165, 1.54) is 5.56 Å². The summed E-state index contributed by atoms with van der Waals surface area (Å²) in [4.78, 5) is 25.9. The van der Waals surface area contributed by atoms with E-state index in [9.17, 15) is 14.7 Å². The zero-order valence-corrected chi connectivity index (χ0v) is 23.4. The molecular formula is C32H39N3O6. The van der Waals surface area contributed by atoms with Gasteiger partial charge < -0.3 is 19.9 Å². The van der Waals surface area contributed by atoms with Crippen LogP contribution in [0.25, 0.3) is 0 Å². The number of carbonyl (C=O) groups excluding carboxylic acids is 2. The fraction of sp³-hybridized carbons (Fsp3) is 0.375. The minimum absolute atomic E-state index is 0.0129. The number of benzene rings is 3. The SMILES string of the molecule is CN(Cc1ccccc1)CC1CC(c2ccc(CO)cc2)OC(c2cccc(NC(=O)CCCCC(=O)NO)c2)O1. The molecule has 1 aliphatic rings. The molecule has 3 aromatic carbocycles. The van der Waals surface area contributed by atoms with E-state index in [-0.39, 0.29) is 37.6 Å². The molecule has 0 bridgehead atoms. The van der Waals surface area contributed by atoms with Crippen molar-refractivity contribution in [1.29, 1.82) is 0 Å². The molecular weight excluding hydrogens is 522 g/mol. The van der Waals surface area contributed by atoms with Crippen molar-refractivity contribution in [3.8, 4) is 0 Å². The van der Waals surface area contributed by atoms with Crippen molar-refractivity contribution in [2.75, 3.05) is 18.9 Å². The maximum absolute atomic E-state index is 12.5. The fourth-order valence-electron chi connectivity index (χ4n) is 4.95. The van der Waals surface area contributed by atoms with E-state index < -0.39 is 12.2 Å². The number of nitrogens with zero attached hydrogens (tertiary/aromatic N) is 1. The Kier molecular flexibility index (Phi) is 11.4. The van der Waals surface area contributed by atoms with Crippen LogP contribution in [0.2, 0.25) is 0 Å². The van der Waals surface area contributed by atoms with Gasteiger partial charge in [-0.3, -0.25) is 19.7 Å². The summed E-state index contributed by atoms with van der Waals surface area (Å²) in [5, 5.41) is 21.0. The highest BCUT2D eigenvalue weighted by Crippen LogP contribution is 2.38. The first-order valence-corrected chi connectivity index (χ1v) is 14.0. The monoisotopic (exact) mass is 561 g/mol. The normalized spacial score (nSPS) is 18.7. The number of carbonyl (C=O) groups is 2. The van der Waals surface area contributed by atoms with Gasteiger partial charge in [0.2, 0.25) is 11.8 Å². The van der Waals surface area contributed by atoms with E-state index in [4.69, 9.17) is 14.7 Å². The molecule has 0 aromatic heterocycles. The van der Waals surface area contributed by atoms with Crippen molar-refractivity contribution >= 4 is 17.5 Å². The molecule has 1 aliphatic heterocycles. The zero-order valence-electron chi connectivity index (χ0n) is 23.4. The first-order chi connectivity index (χ1) is 19.9.